The molecule has 1 nitrogen and oxygen atoms in total. The molecular weight excluding hydrogens is 594 g/mol. The van der Waals surface area contributed by atoms with Crippen LogP contribution in [-0.4, -0.2) is 22.2 Å². The molecule has 0 amide bonds. The number of hydrogen-bond acceptors (Lipinski definition) is 1. The first-order chi connectivity index (χ1) is 22.0. The van der Waals surface area contributed by atoms with E-state index in [2.05, 4.69) is 95.2 Å². The molecule has 1 aliphatic carbocycles. The van der Waals surface area contributed by atoms with Gasteiger partial charge in [0.1, 0.15) is 0 Å². The summed E-state index contributed by atoms with van der Waals surface area (Å²) in [6, 6.07) is 30.2. The number of benzene rings is 2. The van der Waals surface area contributed by atoms with Gasteiger partial charge < -0.3 is 0 Å². The Kier molecular flexibility index (Phi) is 18.3. The second-order valence-corrected chi connectivity index (χ2v) is 26.0. The maximum atomic E-state index is 4.36. The molecule has 1 aliphatic rings. The minimum Gasteiger partial charge on any atom is -0.285 e. The number of rotatable bonds is 24. The summed E-state index contributed by atoms with van der Waals surface area (Å²) in [6.45, 7) is 14.4. The monoisotopic (exact) mass is 665 g/mol. The third-order valence-corrected chi connectivity index (χ3v) is 24.3. The molecule has 4 heteroatoms. The largest absolute Gasteiger partial charge is 0.285 e. The second-order valence-electron chi connectivity index (χ2n) is 14.7. The summed E-state index contributed by atoms with van der Waals surface area (Å²) in [5, 5.41) is 11.1. The predicted molar refractivity (Wildman–Crippen MR) is 214 cm³/mol. The van der Waals surface area contributed by atoms with Gasteiger partial charge in [0.25, 0.3) is 0 Å². The van der Waals surface area contributed by atoms with E-state index in [9.17, 15) is 0 Å². The fraction of sp³-hybridized carbons (Fsp3) is 0.707. The van der Waals surface area contributed by atoms with Gasteiger partial charge in [0.2, 0.25) is 0 Å². The first-order valence-electron chi connectivity index (χ1n) is 19.8. The predicted octanol–water partition coefficient (Wildman–Crippen LogP) is 11.7. The van der Waals surface area contributed by atoms with Crippen LogP contribution in [0.15, 0.2) is 48.5 Å². The molecule has 0 aliphatic heterocycles. The van der Waals surface area contributed by atoms with Crippen LogP contribution in [0.3, 0.4) is 0 Å². The van der Waals surface area contributed by atoms with Crippen molar-refractivity contribution in [3.63, 3.8) is 0 Å². The lowest BCUT2D eigenvalue weighted by molar-refractivity contribution is 0.653. The molecule has 0 atom stereocenters. The molecule has 0 radical (unpaired) electrons. The van der Waals surface area contributed by atoms with E-state index in [0.717, 1.165) is 0 Å². The van der Waals surface area contributed by atoms with Crippen molar-refractivity contribution in [3.05, 3.63) is 48.5 Å². The van der Waals surface area contributed by atoms with E-state index in [4.69, 9.17) is 0 Å². The molecule has 254 valence electrons. The van der Waals surface area contributed by atoms with Crippen LogP contribution in [0.4, 0.5) is 0 Å². The normalized spacial score (nSPS) is 14.6. The average Bonchev–Trinajstić information content (AvgIpc) is 3.60. The van der Waals surface area contributed by atoms with Crippen molar-refractivity contribution in [1.29, 1.82) is 0 Å². The van der Waals surface area contributed by atoms with Crippen LogP contribution in [0.2, 0.25) is 36.3 Å². The lowest BCUT2D eigenvalue weighted by Crippen LogP contribution is -2.49. The highest BCUT2D eigenvalue weighted by atomic mass is 31.1. The minimum absolute atomic E-state index is 0.572. The lowest BCUT2D eigenvalue weighted by Gasteiger charge is -2.35. The molecule has 3 rings (SSSR count). The maximum absolute atomic E-state index is 4.36. The van der Waals surface area contributed by atoms with E-state index < -0.39 is 24.2 Å². The molecule has 0 aromatic heterocycles. The zero-order valence-electron chi connectivity index (χ0n) is 30.7. The fourth-order valence-corrected chi connectivity index (χ4v) is 21.9. The van der Waals surface area contributed by atoms with Crippen LogP contribution in [0.25, 0.3) is 0 Å². The Hall–Kier alpha value is -0.736. The van der Waals surface area contributed by atoms with Gasteiger partial charge in [0.05, 0.1) is 16.1 Å². The molecule has 0 heterocycles. The highest BCUT2D eigenvalue weighted by molar-refractivity contribution is 7.71. The van der Waals surface area contributed by atoms with Crippen molar-refractivity contribution in [3.8, 4) is 0 Å². The van der Waals surface area contributed by atoms with Gasteiger partial charge in [-0.05, 0) is 23.5 Å². The molecule has 0 saturated heterocycles. The summed E-state index contributed by atoms with van der Waals surface area (Å²) >= 11 is 0. The molecule has 0 bridgehead atoms. The van der Waals surface area contributed by atoms with Gasteiger partial charge in [-0.15, -0.1) is 0 Å². The molecule has 1 fully saturated rings. The smallest absolute Gasteiger partial charge is 0.0867 e. The van der Waals surface area contributed by atoms with Crippen molar-refractivity contribution >= 4 is 45.2 Å². The Balaban J connectivity index is 2.12. The zero-order chi connectivity index (χ0) is 32.4. The lowest BCUT2D eigenvalue weighted by atomic mass is 10.3. The first kappa shape index (κ1) is 38.7. The van der Waals surface area contributed by atoms with Crippen LogP contribution in [0.5, 0.6) is 0 Å². The molecule has 45 heavy (non-hydrogen) atoms. The Labute approximate surface area is 284 Å². The second kappa shape index (κ2) is 21.3. The Morgan fingerprint density at radius 2 is 0.867 bits per heavy atom. The molecule has 1 N–H and O–H groups in total. The van der Waals surface area contributed by atoms with Gasteiger partial charge in [-0.25, -0.2) is 0 Å². The van der Waals surface area contributed by atoms with Crippen LogP contribution >= 0.6 is 8.07 Å². The van der Waals surface area contributed by atoms with E-state index in [1.807, 2.05) is 0 Å². The van der Waals surface area contributed by atoms with Crippen molar-refractivity contribution in [2.75, 3.05) is 0 Å². The molecule has 1 saturated carbocycles. The fourth-order valence-electron chi connectivity index (χ4n) is 8.19. The third kappa shape index (κ3) is 11.4. The highest BCUT2D eigenvalue weighted by Crippen LogP contribution is 2.36. The van der Waals surface area contributed by atoms with Crippen LogP contribution in [-0.2, 0) is 0 Å². The summed E-state index contributed by atoms with van der Waals surface area (Å²) in [6.07, 6.45) is 21.9. The summed E-state index contributed by atoms with van der Waals surface area (Å²) in [7, 11) is -3.68. The Morgan fingerprint density at radius 1 is 0.533 bits per heavy atom. The Morgan fingerprint density at radius 3 is 1.18 bits per heavy atom. The average molecular weight is 666 g/mol. The third-order valence-electron chi connectivity index (χ3n) is 11.2. The van der Waals surface area contributed by atoms with Gasteiger partial charge in [-0.1, -0.05) is 227 Å². The zero-order valence-corrected chi connectivity index (χ0v) is 33.6. The quantitative estimate of drug-likeness (QED) is 0.0869. The molecule has 0 spiro atoms. The van der Waals surface area contributed by atoms with Gasteiger partial charge in [0.15, 0.2) is 0 Å². The highest BCUT2D eigenvalue weighted by Gasteiger charge is 2.36. The van der Waals surface area contributed by atoms with Crippen LogP contribution in [0.1, 0.15) is 144 Å². The van der Waals surface area contributed by atoms with E-state index in [-0.39, 0.29) is 0 Å². The van der Waals surface area contributed by atoms with E-state index in [1.165, 1.54) is 139 Å². The SMILES string of the molecule is CCCC[Si](CCCC)(CCCC)c1cccc(P(NC2CCCC2)c2cccc([Si](CCCC)(CCCC)CCCC)c2)c1. The number of nitrogens with one attached hydrogen (secondary N) is 1. The topological polar surface area (TPSA) is 12.0 Å². The van der Waals surface area contributed by atoms with Gasteiger partial charge in [0, 0.05) is 14.1 Å². The standard InChI is InChI=1S/C41H72NPSi2/c1-7-13-29-44(30-14-8-2,31-15-9-3)40-27-21-25-38(35-40)43(42-37-23-19-20-24-37)39-26-22-28-41(36-39)45(32-16-10-4,33-17-11-5)34-18-12-6/h21-22,25-28,35-37,42H,7-20,23-24,29-34H2,1-6H3. The van der Waals surface area contributed by atoms with E-state index in [1.54, 1.807) is 21.0 Å². The number of hydrogen-bond donors (Lipinski definition) is 1. The van der Waals surface area contributed by atoms with Crippen molar-refractivity contribution in [2.45, 2.75) is 187 Å². The van der Waals surface area contributed by atoms with Gasteiger partial charge >= 0.3 is 0 Å². The maximum Gasteiger partial charge on any atom is 0.0867 e. The van der Waals surface area contributed by atoms with E-state index in [0.29, 0.717) is 6.04 Å². The summed E-state index contributed by atoms with van der Waals surface area (Å²) in [5.41, 5.74) is 0. The number of unbranched alkanes of at least 4 members (excludes halogenated alkanes) is 6. The van der Waals surface area contributed by atoms with Crippen molar-refractivity contribution in [1.82, 2.24) is 5.09 Å². The molecule has 2 aromatic carbocycles. The Bertz CT molecular complexity index is 946. The summed E-state index contributed by atoms with van der Waals surface area (Å²) in [4.78, 5) is 0. The summed E-state index contributed by atoms with van der Waals surface area (Å²) in [5.74, 6) is 0. The van der Waals surface area contributed by atoms with Gasteiger partial charge in [-0.2, -0.15) is 0 Å². The van der Waals surface area contributed by atoms with Crippen LogP contribution < -0.4 is 26.1 Å². The van der Waals surface area contributed by atoms with Crippen LogP contribution in [0, 0.1) is 0 Å². The van der Waals surface area contributed by atoms with Gasteiger partial charge in [-0.3, -0.25) is 5.09 Å². The first-order valence-corrected chi connectivity index (χ1v) is 26.4. The van der Waals surface area contributed by atoms with E-state index >= 15 is 0 Å². The van der Waals surface area contributed by atoms with Crippen molar-refractivity contribution in [2.24, 2.45) is 0 Å². The molecular formula is C41H72NPSi2. The van der Waals surface area contributed by atoms with Crippen molar-refractivity contribution < 1.29 is 0 Å². The minimum atomic E-state index is -1.55. The summed E-state index contributed by atoms with van der Waals surface area (Å²) < 4.78 is 0. The molecule has 2 aromatic rings. The molecule has 0 unspecified atom stereocenters.